The lowest BCUT2D eigenvalue weighted by Gasteiger charge is -2.29. The van der Waals surface area contributed by atoms with Gasteiger partial charge in [-0.25, -0.2) is 9.97 Å². The molecule has 1 saturated heterocycles. The molecular formula is C25H27N5O3. The number of anilines is 1. The summed E-state index contributed by atoms with van der Waals surface area (Å²) >= 11 is 0. The Morgan fingerprint density at radius 1 is 1.09 bits per heavy atom. The number of nitrogens with one attached hydrogen (secondary N) is 1. The van der Waals surface area contributed by atoms with Crippen molar-refractivity contribution >= 4 is 17.7 Å². The van der Waals surface area contributed by atoms with Gasteiger partial charge in [-0.2, -0.15) is 0 Å². The minimum absolute atomic E-state index is 0.161. The standard InChI is InChI=1S/C25H27N5O3/c26-23-22(16-30-11-9-18(10-12-30)25(32)33)29-21(15-27-23)19-7-4-8-20(13-19)24(31)28-14-17-5-2-1-3-6-17/h1-8,13,15,18H,9-12,14,16H2,(H2,26,27)(H,28,31)(H,32,33). The number of carboxylic acids is 1. The third kappa shape index (κ3) is 5.72. The molecule has 0 unspecified atom stereocenters. The summed E-state index contributed by atoms with van der Waals surface area (Å²) in [6.07, 6.45) is 2.83. The van der Waals surface area contributed by atoms with Gasteiger partial charge in [0.1, 0.15) is 5.82 Å². The molecule has 0 radical (unpaired) electrons. The van der Waals surface area contributed by atoms with Crippen LogP contribution in [0, 0.1) is 5.92 Å². The number of nitrogen functional groups attached to an aromatic ring is 1. The van der Waals surface area contributed by atoms with Crippen LogP contribution >= 0.6 is 0 Å². The number of carboxylic acid groups (broad SMARTS) is 1. The second-order valence-corrected chi connectivity index (χ2v) is 8.22. The highest BCUT2D eigenvalue weighted by Crippen LogP contribution is 2.23. The lowest BCUT2D eigenvalue weighted by molar-refractivity contribution is -0.143. The van der Waals surface area contributed by atoms with E-state index in [0.29, 0.717) is 61.8 Å². The van der Waals surface area contributed by atoms with Crippen LogP contribution in [0.15, 0.2) is 60.8 Å². The molecule has 3 aromatic rings. The summed E-state index contributed by atoms with van der Waals surface area (Å²) in [5.74, 6) is -0.822. The number of rotatable bonds is 7. The normalized spacial score (nSPS) is 14.7. The largest absolute Gasteiger partial charge is 0.481 e. The van der Waals surface area contributed by atoms with Gasteiger partial charge in [0, 0.05) is 24.2 Å². The van der Waals surface area contributed by atoms with E-state index in [1.54, 1.807) is 18.3 Å². The molecule has 1 fully saturated rings. The van der Waals surface area contributed by atoms with E-state index in [1.807, 2.05) is 42.5 Å². The Bertz CT molecular complexity index is 1130. The first-order valence-electron chi connectivity index (χ1n) is 11.0. The predicted octanol–water partition coefficient (Wildman–Crippen LogP) is 2.95. The van der Waals surface area contributed by atoms with E-state index in [9.17, 15) is 14.7 Å². The van der Waals surface area contributed by atoms with E-state index in [0.717, 1.165) is 11.1 Å². The first kappa shape index (κ1) is 22.4. The van der Waals surface area contributed by atoms with Gasteiger partial charge >= 0.3 is 5.97 Å². The zero-order valence-corrected chi connectivity index (χ0v) is 18.3. The van der Waals surface area contributed by atoms with Crippen molar-refractivity contribution in [1.29, 1.82) is 0 Å². The van der Waals surface area contributed by atoms with Gasteiger partial charge in [-0.15, -0.1) is 0 Å². The van der Waals surface area contributed by atoms with Crippen LogP contribution in [-0.4, -0.2) is 44.9 Å². The van der Waals surface area contributed by atoms with Crippen LogP contribution in [-0.2, 0) is 17.9 Å². The maximum atomic E-state index is 12.6. The maximum absolute atomic E-state index is 12.6. The minimum atomic E-state index is -0.733. The third-order valence-electron chi connectivity index (χ3n) is 5.90. The third-order valence-corrected chi connectivity index (χ3v) is 5.90. The van der Waals surface area contributed by atoms with E-state index in [2.05, 4.69) is 15.2 Å². The number of aliphatic carboxylic acids is 1. The summed E-state index contributed by atoms with van der Waals surface area (Å²) in [5.41, 5.74) is 9.71. The molecule has 33 heavy (non-hydrogen) atoms. The number of carbonyl (C=O) groups is 2. The molecule has 8 nitrogen and oxygen atoms in total. The lowest BCUT2D eigenvalue weighted by Crippen LogP contribution is -2.36. The molecular weight excluding hydrogens is 418 g/mol. The van der Waals surface area contributed by atoms with Gasteiger partial charge in [0.2, 0.25) is 0 Å². The zero-order valence-electron chi connectivity index (χ0n) is 18.3. The molecule has 2 heterocycles. The number of piperidine rings is 1. The topological polar surface area (TPSA) is 121 Å². The average Bonchev–Trinajstić information content (AvgIpc) is 2.85. The van der Waals surface area contributed by atoms with Crippen LogP contribution in [0.2, 0.25) is 0 Å². The molecule has 0 atom stereocenters. The Morgan fingerprint density at radius 3 is 2.58 bits per heavy atom. The van der Waals surface area contributed by atoms with Crippen molar-refractivity contribution in [2.24, 2.45) is 5.92 Å². The molecule has 8 heteroatoms. The SMILES string of the molecule is Nc1ncc(-c2cccc(C(=O)NCc3ccccc3)c2)nc1CN1CCC(C(=O)O)CC1. The highest BCUT2D eigenvalue weighted by molar-refractivity contribution is 5.95. The zero-order chi connectivity index (χ0) is 23.2. The summed E-state index contributed by atoms with van der Waals surface area (Å²) < 4.78 is 0. The molecule has 1 aliphatic heterocycles. The summed E-state index contributed by atoms with van der Waals surface area (Å²) in [4.78, 5) is 35.0. The van der Waals surface area contributed by atoms with E-state index in [-0.39, 0.29) is 11.8 Å². The van der Waals surface area contributed by atoms with Gasteiger partial charge in [0.15, 0.2) is 0 Å². The molecule has 0 aliphatic carbocycles. The quantitative estimate of drug-likeness (QED) is 0.511. The van der Waals surface area contributed by atoms with Crippen molar-refractivity contribution in [3.8, 4) is 11.3 Å². The second kappa shape index (κ2) is 10.2. The molecule has 1 amide bonds. The summed E-state index contributed by atoms with van der Waals surface area (Å²) in [6, 6.07) is 17.0. The van der Waals surface area contributed by atoms with E-state index < -0.39 is 5.97 Å². The summed E-state index contributed by atoms with van der Waals surface area (Å²) in [6.45, 7) is 2.32. The lowest BCUT2D eigenvalue weighted by atomic mass is 9.97. The fourth-order valence-corrected chi connectivity index (χ4v) is 3.94. The van der Waals surface area contributed by atoms with Gasteiger partial charge < -0.3 is 16.2 Å². The fraction of sp³-hybridized carbons (Fsp3) is 0.280. The van der Waals surface area contributed by atoms with Crippen LogP contribution in [0.4, 0.5) is 5.82 Å². The number of carbonyl (C=O) groups excluding carboxylic acids is 1. The molecule has 1 aromatic heterocycles. The average molecular weight is 446 g/mol. The Labute approximate surface area is 192 Å². The van der Waals surface area contributed by atoms with Crippen LogP contribution < -0.4 is 11.1 Å². The van der Waals surface area contributed by atoms with Crippen molar-refractivity contribution in [2.75, 3.05) is 18.8 Å². The van der Waals surface area contributed by atoms with Crippen molar-refractivity contribution in [3.05, 3.63) is 77.6 Å². The first-order valence-corrected chi connectivity index (χ1v) is 11.0. The number of benzene rings is 2. The number of hydrogen-bond donors (Lipinski definition) is 3. The number of nitrogens with two attached hydrogens (primary N) is 1. The van der Waals surface area contributed by atoms with Crippen LogP contribution in [0.3, 0.4) is 0 Å². The van der Waals surface area contributed by atoms with Gasteiger partial charge in [-0.05, 0) is 43.6 Å². The number of aromatic nitrogens is 2. The van der Waals surface area contributed by atoms with Crippen molar-refractivity contribution < 1.29 is 14.7 Å². The van der Waals surface area contributed by atoms with Gasteiger partial charge in [-0.1, -0.05) is 42.5 Å². The van der Waals surface area contributed by atoms with Gasteiger partial charge in [0.05, 0.1) is 23.5 Å². The molecule has 0 bridgehead atoms. The minimum Gasteiger partial charge on any atom is -0.481 e. The monoisotopic (exact) mass is 445 g/mol. The molecule has 170 valence electrons. The smallest absolute Gasteiger partial charge is 0.306 e. The fourth-order valence-electron chi connectivity index (χ4n) is 3.94. The molecule has 2 aromatic carbocycles. The maximum Gasteiger partial charge on any atom is 0.306 e. The highest BCUT2D eigenvalue weighted by Gasteiger charge is 2.25. The number of amides is 1. The van der Waals surface area contributed by atoms with Crippen LogP contribution in [0.1, 0.15) is 34.5 Å². The van der Waals surface area contributed by atoms with Crippen molar-refractivity contribution in [2.45, 2.75) is 25.9 Å². The summed E-state index contributed by atoms with van der Waals surface area (Å²) in [7, 11) is 0. The number of hydrogen-bond acceptors (Lipinski definition) is 6. The van der Waals surface area contributed by atoms with E-state index in [4.69, 9.17) is 10.7 Å². The van der Waals surface area contributed by atoms with Gasteiger partial charge in [0.25, 0.3) is 5.91 Å². The Morgan fingerprint density at radius 2 is 1.85 bits per heavy atom. The van der Waals surface area contributed by atoms with Gasteiger partial charge in [-0.3, -0.25) is 14.5 Å². The predicted molar refractivity (Wildman–Crippen MR) is 125 cm³/mol. The Balaban J connectivity index is 1.45. The molecule has 4 rings (SSSR count). The molecule has 0 spiro atoms. The van der Waals surface area contributed by atoms with Crippen LogP contribution in [0.25, 0.3) is 11.3 Å². The summed E-state index contributed by atoms with van der Waals surface area (Å²) in [5, 5.41) is 12.1. The highest BCUT2D eigenvalue weighted by atomic mass is 16.4. The molecule has 4 N–H and O–H groups in total. The van der Waals surface area contributed by atoms with Crippen molar-refractivity contribution in [1.82, 2.24) is 20.2 Å². The number of nitrogens with zero attached hydrogens (tertiary/aromatic N) is 3. The van der Waals surface area contributed by atoms with E-state index in [1.165, 1.54) is 0 Å². The molecule has 0 saturated carbocycles. The second-order valence-electron chi connectivity index (χ2n) is 8.22. The van der Waals surface area contributed by atoms with Crippen LogP contribution in [0.5, 0.6) is 0 Å². The number of likely N-dealkylation sites (tertiary alicyclic amines) is 1. The van der Waals surface area contributed by atoms with E-state index >= 15 is 0 Å². The first-order chi connectivity index (χ1) is 16.0. The molecule has 1 aliphatic rings. The Hall–Kier alpha value is -3.78. The Kier molecular flexibility index (Phi) is 6.95. The van der Waals surface area contributed by atoms with Crippen molar-refractivity contribution in [3.63, 3.8) is 0 Å².